The Bertz CT molecular complexity index is 571. The number of rotatable bonds is 4. The Labute approximate surface area is 123 Å². The van der Waals surface area contributed by atoms with Crippen LogP contribution in [-0.2, 0) is 12.8 Å². The molecule has 0 radical (unpaired) electrons. The van der Waals surface area contributed by atoms with E-state index in [1.54, 1.807) is 0 Å². The molecule has 0 N–H and O–H groups in total. The topological polar surface area (TPSA) is 0 Å². The minimum Gasteiger partial charge on any atom is -0.0613 e. The van der Waals surface area contributed by atoms with Crippen molar-refractivity contribution in [1.82, 2.24) is 0 Å². The van der Waals surface area contributed by atoms with Gasteiger partial charge in [0.1, 0.15) is 0 Å². The lowest BCUT2D eigenvalue weighted by molar-refractivity contribution is 0.905. The van der Waals surface area contributed by atoms with Crippen LogP contribution in [0.3, 0.4) is 0 Å². The largest absolute Gasteiger partial charge is 0.0613 e. The van der Waals surface area contributed by atoms with Gasteiger partial charge in [-0.05, 0) is 60.1 Å². The summed E-state index contributed by atoms with van der Waals surface area (Å²) in [4.78, 5) is 0. The van der Waals surface area contributed by atoms with Gasteiger partial charge in [-0.25, -0.2) is 0 Å². The minimum atomic E-state index is 0.464. The Kier molecular flexibility index (Phi) is 4.65. The van der Waals surface area contributed by atoms with Crippen LogP contribution in [0.1, 0.15) is 60.1 Å². The highest BCUT2D eigenvalue weighted by atomic mass is 14.2. The van der Waals surface area contributed by atoms with Crippen molar-refractivity contribution in [3.8, 4) is 0 Å². The molecule has 2 rings (SSSR count). The lowest BCUT2D eigenvalue weighted by atomic mass is 9.88. The second-order valence-corrected chi connectivity index (χ2v) is 5.86. The summed E-state index contributed by atoms with van der Waals surface area (Å²) < 4.78 is 0. The molecule has 0 nitrogen and oxygen atoms in total. The van der Waals surface area contributed by atoms with Gasteiger partial charge in [0.2, 0.25) is 0 Å². The Morgan fingerprint density at radius 2 is 1.35 bits per heavy atom. The summed E-state index contributed by atoms with van der Waals surface area (Å²) in [5.74, 6) is 0.464. The first-order valence-corrected chi connectivity index (χ1v) is 7.75. The van der Waals surface area contributed by atoms with E-state index in [0.29, 0.717) is 5.92 Å². The molecular formula is C20H26. The van der Waals surface area contributed by atoms with Crippen molar-refractivity contribution in [3.05, 3.63) is 69.8 Å². The number of aryl methyl sites for hydroxylation is 4. The van der Waals surface area contributed by atoms with Gasteiger partial charge in [-0.3, -0.25) is 0 Å². The van der Waals surface area contributed by atoms with Crippen LogP contribution in [-0.4, -0.2) is 0 Å². The maximum atomic E-state index is 2.37. The highest BCUT2D eigenvalue weighted by molar-refractivity contribution is 5.40. The number of benzene rings is 2. The lowest BCUT2D eigenvalue weighted by Gasteiger charge is -2.16. The third-order valence-electron chi connectivity index (χ3n) is 4.42. The minimum absolute atomic E-state index is 0.464. The van der Waals surface area contributed by atoms with Gasteiger partial charge in [0, 0.05) is 5.92 Å². The third-order valence-corrected chi connectivity index (χ3v) is 4.42. The third kappa shape index (κ3) is 3.12. The van der Waals surface area contributed by atoms with E-state index in [9.17, 15) is 0 Å². The maximum Gasteiger partial charge on any atom is 0.00613 e. The van der Waals surface area contributed by atoms with Crippen molar-refractivity contribution in [3.63, 3.8) is 0 Å². The first kappa shape index (κ1) is 14.8. The van der Waals surface area contributed by atoms with E-state index < -0.39 is 0 Å². The Balaban J connectivity index is 2.41. The van der Waals surface area contributed by atoms with Crippen LogP contribution in [0.5, 0.6) is 0 Å². The second kappa shape index (κ2) is 6.26. The van der Waals surface area contributed by atoms with Crippen LogP contribution in [0, 0.1) is 13.8 Å². The molecule has 0 saturated carbocycles. The van der Waals surface area contributed by atoms with Crippen LogP contribution in [0.4, 0.5) is 0 Å². The molecule has 0 fully saturated rings. The van der Waals surface area contributed by atoms with Crippen LogP contribution in [0.25, 0.3) is 0 Å². The Morgan fingerprint density at radius 3 is 1.85 bits per heavy atom. The SMILES string of the molecule is CCc1cc(CC)cc(C(C)c2ccc(C)c(C)c2)c1. The van der Waals surface area contributed by atoms with Gasteiger partial charge in [0.05, 0.1) is 0 Å². The zero-order valence-corrected chi connectivity index (χ0v) is 13.5. The van der Waals surface area contributed by atoms with E-state index in [2.05, 4.69) is 71.0 Å². The van der Waals surface area contributed by atoms with Crippen LogP contribution in [0.2, 0.25) is 0 Å². The van der Waals surface area contributed by atoms with E-state index >= 15 is 0 Å². The molecular weight excluding hydrogens is 240 g/mol. The summed E-state index contributed by atoms with van der Waals surface area (Å²) in [7, 11) is 0. The predicted octanol–water partition coefficient (Wildman–Crippen LogP) is 5.58. The highest BCUT2D eigenvalue weighted by Gasteiger charge is 2.11. The first-order valence-electron chi connectivity index (χ1n) is 7.75. The molecule has 0 aromatic heterocycles. The molecule has 0 aliphatic rings. The number of hydrogen-bond donors (Lipinski definition) is 0. The molecule has 2 aromatic carbocycles. The molecule has 106 valence electrons. The fourth-order valence-corrected chi connectivity index (χ4v) is 2.68. The van der Waals surface area contributed by atoms with E-state index in [0.717, 1.165) is 12.8 Å². The molecule has 0 bridgehead atoms. The second-order valence-electron chi connectivity index (χ2n) is 5.86. The Morgan fingerprint density at radius 1 is 0.750 bits per heavy atom. The fraction of sp³-hybridized carbons (Fsp3) is 0.400. The molecule has 0 saturated heterocycles. The van der Waals surface area contributed by atoms with Crippen molar-refractivity contribution in [2.75, 3.05) is 0 Å². The molecule has 20 heavy (non-hydrogen) atoms. The average molecular weight is 266 g/mol. The summed E-state index contributed by atoms with van der Waals surface area (Å²) in [5, 5.41) is 0. The van der Waals surface area contributed by atoms with Gasteiger partial charge >= 0.3 is 0 Å². The molecule has 0 aliphatic carbocycles. The fourth-order valence-electron chi connectivity index (χ4n) is 2.68. The van der Waals surface area contributed by atoms with Gasteiger partial charge in [-0.1, -0.05) is 57.2 Å². The Hall–Kier alpha value is -1.56. The normalized spacial score (nSPS) is 12.4. The van der Waals surface area contributed by atoms with Gasteiger partial charge in [-0.2, -0.15) is 0 Å². The summed E-state index contributed by atoms with van der Waals surface area (Å²) >= 11 is 0. The van der Waals surface area contributed by atoms with Crippen molar-refractivity contribution < 1.29 is 0 Å². The van der Waals surface area contributed by atoms with Crippen molar-refractivity contribution >= 4 is 0 Å². The summed E-state index contributed by atoms with van der Waals surface area (Å²) in [6.07, 6.45) is 2.22. The molecule has 1 unspecified atom stereocenters. The zero-order valence-electron chi connectivity index (χ0n) is 13.5. The zero-order chi connectivity index (χ0) is 14.7. The predicted molar refractivity (Wildman–Crippen MR) is 88.6 cm³/mol. The van der Waals surface area contributed by atoms with Crippen LogP contribution in [0.15, 0.2) is 36.4 Å². The molecule has 0 amide bonds. The lowest BCUT2D eigenvalue weighted by Crippen LogP contribution is -2.00. The molecule has 0 heterocycles. The van der Waals surface area contributed by atoms with Crippen molar-refractivity contribution in [2.24, 2.45) is 0 Å². The van der Waals surface area contributed by atoms with Gasteiger partial charge in [0.25, 0.3) is 0 Å². The molecule has 0 aliphatic heterocycles. The quantitative estimate of drug-likeness (QED) is 0.677. The van der Waals surface area contributed by atoms with Crippen molar-refractivity contribution in [2.45, 2.75) is 53.4 Å². The maximum absolute atomic E-state index is 2.37. The van der Waals surface area contributed by atoms with E-state index in [-0.39, 0.29) is 0 Å². The first-order chi connectivity index (χ1) is 9.55. The highest BCUT2D eigenvalue weighted by Crippen LogP contribution is 2.27. The van der Waals surface area contributed by atoms with Gasteiger partial charge in [-0.15, -0.1) is 0 Å². The monoisotopic (exact) mass is 266 g/mol. The average Bonchev–Trinajstić information content (AvgIpc) is 2.48. The van der Waals surface area contributed by atoms with E-state index in [1.807, 2.05) is 0 Å². The van der Waals surface area contributed by atoms with Gasteiger partial charge in [0.15, 0.2) is 0 Å². The van der Waals surface area contributed by atoms with Crippen molar-refractivity contribution in [1.29, 1.82) is 0 Å². The standard InChI is InChI=1S/C20H26/c1-6-17-11-18(7-2)13-20(12-17)16(5)19-9-8-14(3)15(4)10-19/h8-13,16H,6-7H2,1-5H3. The summed E-state index contributed by atoms with van der Waals surface area (Å²) in [6, 6.07) is 13.9. The molecule has 0 heteroatoms. The summed E-state index contributed by atoms with van der Waals surface area (Å²) in [5.41, 5.74) is 8.53. The molecule has 0 spiro atoms. The van der Waals surface area contributed by atoms with Crippen LogP contribution < -0.4 is 0 Å². The smallest absolute Gasteiger partial charge is 0.00613 e. The van der Waals surface area contributed by atoms with E-state index in [4.69, 9.17) is 0 Å². The summed E-state index contributed by atoms with van der Waals surface area (Å²) in [6.45, 7) is 11.2. The number of hydrogen-bond acceptors (Lipinski definition) is 0. The molecule has 2 aromatic rings. The molecule has 1 atom stereocenters. The van der Waals surface area contributed by atoms with E-state index in [1.165, 1.54) is 33.4 Å². The van der Waals surface area contributed by atoms with Gasteiger partial charge < -0.3 is 0 Å². The van der Waals surface area contributed by atoms with Crippen LogP contribution >= 0.6 is 0 Å².